The van der Waals surface area contributed by atoms with Crippen molar-refractivity contribution in [3.05, 3.63) is 30.5 Å². The molecule has 0 unspecified atom stereocenters. The third-order valence-electron chi connectivity index (χ3n) is 4.23. The lowest BCUT2D eigenvalue weighted by molar-refractivity contribution is -0.118. The number of ether oxygens (including phenoxy) is 2. The Morgan fingerprint density at radius 3 is 2.96 bits per heavy atom. The number of carbonyl (C=O) groups excluding carboxylic acids is 1. The summed E-state index contributed by atoms with van der Waals surface area (Å²) < 4.78 is 11.2. The second kappa shape index (κ2) is 8.78. The highest BCUT2D eigenvalue weighted by molar-refractivity contribution is 6.03. The molecule has 1 aromatic carbocycles. The van der Waals surface area contributed by atoms with Crippen molar-refractivity contribution < 1.29 is 14.3 Å². The van der Waals surface area contributed by atoms with Gasteiger partial charge in [-0.2, -0.15) is 0 Å². The van der Waals surface area contributed by atoms with Gasteiger partial charge in [0.15, 0.2) is 0 Å². The minimum absolute atomic E-state index is 0.0216. The van der Waals surface area contributed by atoms with E-state index in [0.29, 0.717) is 26.4 Å². The van der Waals surface area contributed by atoms with E-state index in [1.54, 1.807) is 6.20 Å². The number of morpholine rings is 1. The molecule has 2 heterocycles. The molecule has 134 valence electrons. The number of rotatable bonds is 7. The quantitative estimate of drug-likeness (QED) is 0.783. The Bertz CT molecular complexity index is 714. The third-order valence-corrected chi connectivity index (χ3v) is 4.23. The van der Waals surface area contributed by atoms with Crippen molar-refractivity contribution in [2.45, 2.75) is 19.8 Å². The Kier molecular flexibility index (Phi) is 6.19. The highest BCUT2D eigenvalue weighted by Crippen LogP contribution is 2.30. The standard InChI is InChI=1S/C19H25N3O3/c1-2-3-11-25-17-7-6-16(15-5-4-8-20-19(15)17)21-18(23)14-22-9-12-24-13-10-22/h4-8H,2-3,9-14H2,1H3,(H,21,23). The van der Waals surface area contributed by atoms with E-state index in [4.69, 9.17) is 9.47 Å². The fraction of sp³-hybridized carbons (Fsp3) is 0.474. The first kappa shape index (κ1) is 17.6. The molecule has 25 heavy (non-hydrogen) atoms. The summed E-state index contributed by atoms with van der Waals surface area (Å²) in [6.45, 7) is 6.13. The van der Waals surface area contributed by atoms with Gasteiger partial charge < -0.3 is 14.8 Å². The van der Waals surface area contributed by atoms with Crippen molar-refractivity contribution in [1.29, 1.82) is 0 Å². The zero-order chi connectivity index (χ0) is 17.5. The molecule has 1 N–H and O–H groups in total. The van der Waals surface area contributed by atoms with Gasteiger partial charge in [0.05, 0.1) is 32.1 Å². The third kappa shape index (κ3) is 4.67. The SMILES string of the molecule is CCCCOc1ccc(NC(=O)CN2CCOCC2)c2cccnc12. The average molecular weight is 343 g/mol. The molecule has 0 spiro atoms. The Hall–Kier alpha value is -2.18. The van der Waals surface area contributed by atoms with Crippen LogP contribution >= 0.6 is 0 Å². The zero-order valence-electron chi connectivity index (χ0n) is 14.7. The van der Waals surface area contributed by atoms with E-state index >= 15 is 0 Å². The Morgan fingerprint density at radius 2 is 2.16 bits per heavy atom. The van der Waals surface area contributed by atoms with Gasteiger partial charge in [0.25, 0.3) is 0 Å². The highest BCUT2D eigenvalue weighted by atomic mass is 16.5. The monoisotopic (exact) mass is 343 g/mol. The molecule has 6 heteroatoms. The van der Waals surface area contributed by atoms with Gasteiger partial charge in [-0.15, -0.1) is 0 Å². The van der Waals surface area contributed by atoms with Gasteiger partial charge in [0, 0.05) is 24.7 Å². The summed E-state index contributed by atoms with van der Waals surface area (Å²) in [5.41, 5.74) is 1.55. The van der Waals surface area contributed by atoms with Crippen LogP contribution in [-0.2, 0) is 9.53 Å². The number of amides is 1. The van der Waals surface area contributed by atoms with Crippen LogP contribution in [0.1, 0.15) is 19.8 Å². The molecular weight excluding hydrogens is 318 g/mol. The first-order valence-corrected chi connectivity index (χ1v) is 8.88. The van der Waals surface area contributed by atoms with Crippen LogP contribution in [0.2, 0.25) is 0 Å². The fourth-order valence-corrected chi connectivity index (χ4v) is 2.85. The Labute approximate surface area is 148 Å². The number of fused-ring (bicyclic) bond motifs is 1. The maximum absolute atomic E-state index is 12.4. The lowest BCUT2D eigenvalue weighted by Crippen LogP contribution is -2.41. The average Bonchev–Trinajstić information content (AvgIpc) is 2.64. The number of hydrogen-bond donors (Lipinski definition) is 1. The second-order valence-electron chi connectivity index (χ2n) is 6.15. The van der Waals surface area contributed by atoms with Crippen LogP contribution in [0, 0.1) is 0 Å². The van der Waals surface area contributed by atoms with Crippen LogP contribution in [0.5, 0.6) is 5.75 Å². The normalized spacial score (nSPS) is 15.2. The molecule has 0 saturated carbocycles. The maximum Gasteiger partial charge on any atom is 0.238 e. The van der Waals surface area contributed by atoms with Crippen LogP contribution < -0.4 is 10.1 Å². The minimum atomic E-state index is -0.0216. The van der Waals surface area contributed by atoms with Gasteiger partial charge in [-0.25, -0.2) is 0 Å². The van der Waals surface area contributed by atoms with Crippen LogP contribution in [0.3, 0.4) is 0 Å². The molecule has 1 aliphatic rings. The smallest absolute Gasteiger partial charge is 0.238 e. The molecular formula is C19H25N3O3. The number of pyridine rings is 1. The molecule has 1 aliphatic heterocycles. The molecule has 1 aromatic heterocycles. The molecule has 0 bridgehead atoms. The molecule has 1 amide bonds. The molecule has 0 atom stereocenters. The number of unbranched alkanes of at least 4 members (excludes halogenated alkanes) is 1. The summed E-state index contributed by atoms with van der Waals surface area (Å²) in [5, 5.41) is 3.90. The van der Waals surface area contributed by atoms with Crippen molar-refractivity contribution in [2.75, 3.05) is 44.8 Å². The number of benzene rings is 1. The van der Waals surface area contributed by atoms with Gasteiger partial charge in [0.2, 0.25) is 5.91 Å². The van der Waals surface area contributed by atoms with Crippen LogP contribution in [0.4, 0.5) is 5.69 Å². The summed E-state index contributed by atoms with van der Waals surface area (Å²) in [4.78, 5) is 18.9. The molecule has 0 aliphatic carbocycles. The van der Waals surface area contributed by atoms with Crippen molar-refractivity contribution in [2.24, 2.45) is 0 Å². The Balaban J connectivity index is 1.72. The zero-order valence-corrected chi connectivity index (χ0v) is 14.7. The van der Waals surface area contributed by atoms with Crippen LogP contribution in [-0.4, -0.2) is 55.2 Å². The Morgan fingerprint density at radius 1 is 1.32 bits per heavy atom. The summed E-state index contributed by atoms with van der Waals surface area (Å²) in [7, 11) is 0. The lowest BCUT2D eigenvalue weighted by Gasteiger charge is -2.25. The topological polar surface area (TPSA) is 63.7 Å². The van der Waals surface area contributed by atoms with E-state index < -0.39 is 0 Å². The predicted molar refractivity (Wildman–Crippen MR) is 98.0 cm³/mol. The number of aromatic nitrogens is 1. The van der Waals surface area contributed by atoms with Crippen molar-refractivity contribution in [1.82, 2.24) is 9.88 Å². The molecule has 0 radical (unpaired) electrons. The van der Waals surface area contributed by atoms with Crippen molar-refractivity contribution in [3.8, 4) is 5.75 Å². The number of hydrogen-bond acceptors (Lipinski definition) is 5. The summed E-state index contributed by atoms with van der Waals surface area (Å²) in [5.74, 6) is 0.738. The van der Waals surface area contributed by atoms with Gasteiger partial charge in [-0.05, 0) is 30.7 Å². The fourth-order valence-electron chi connectivity index (χ4n) is 2.85. The number of carbonyl (C=O) groups is 1. The molecule has 1 fully saturated rings. The highest BCUT2D eigenvalue weighted by Gasteiger charge is 2.15. The lowest BCUT2D eigenvalue weighted by atomic mass is 10.1. The number of anilines is 1. The van der Waals surface area contributed by atoms with E-state index in [0.717, 1.165) is 48.3 Å². The van der Waals surface area contributed by atoms with E-state index in [9.17, 15) is 4.79 Å². The van der Waals surface area contributed by atoms with Gasteiger partial charge in [-0.1, -0.05) is 13.3 Å². The van der Waals surface area contributed by atoms with Crippen molar-refractivity contribution in [3.63, 3.8) is 0 Å². The van der Waals surface area contributed by atoms with E-state index in [2.05, 4.69) is 22.1 Å². The number of nitrogens with zero attached hydrogens (tertiary/aromatic N) is 2. The van der Waals surface area contributed by atoms with Gasteiger partial charge >= 0.3 is 0 Å². The van der Waals surface area contributed by atoms with Crippen LogP contribution in [0.25, 0.3) is 10.9 Å². The molecule has 1 saturated heterocycles. The van der Waals surface area contributed by atoms with Gasteiger partial charge in [-0.3, -0.25) is 14.7 Å². The van der Waals surface area contributed by atoms with Gasteiger partial charge in [0.1, 0.15) is 11.3 Å². The summed E-state index contributed by atoms with van der Waals surface area (Å²) >= 11 is 0. The van der Waals surface area contributed by atoms with Crippen molar-refractivity contribution >= 4 is 22.5 Å². The maximum atomic E-state index is 12.4. The molecule has 2 aromatic rings. The largest absolute Gasteiger partial charge is 0.491 e. The minimum Gasteiger partial charge on any atom is -0.491 e. The molecule has 6 nitrogen and oxygen atoms in total. The first-order valence-electron chi connectivity index (χ1n) is 8.88. The summed E-state index contributed by atoms with van der Waals surface area (Å²) in [6.07, 6.45) is 3.84. The van der Waals surface area contributed by atoms with E-state index in [-0.39, 0.29) is 5.91 Å². The van der Waals surface area contributed by atoms with E-state index in [1.807, 2.05) is 24.3 Å². The summed E-state index contributed by atoms with van der Waals surface area (Å²) in [6, 6.07) is 7.60. The predicted octanol–water partition coefficient (Wildman–Crippen LogP) is 2.68. The second-order valence-corrected chi connectivity index (χ2v) is 6.15. The first-order chi connectivity index (χ1) is 12.3. The molecule has 3 rings (SSSR count). The van der Waals surface area contributed by atoms with E-state index in [1.165, 1.54) is 0 Å². The van der Waals surface area contributed by atoms with Crippen LogP contribution in [0.15, 0.2) is 30.5 Å². The number of nitrogens with one attached hydrogen (secondary N) is 1.